The van der Waals surface area contributed by atoms with Gasteiger partial charge in [0, 0.05) is 63.3 Å². The average Bonchev–Trinajstić information content (AvgIpc) is 3.39. The molecule has 14 nitrogen and oxygen atoms in total. The largest absolute Gasteiger partial charge is 0.379 e. The Kier molecular flexibility index (Phi) is 14.6. The molecule has 2 aliphatic heterocycles. The number of hydrogen-bond acceptors (Lipinski definition) is 12. The summed E-state index contributed by atoms with van der Waals surface area (Å²) in [4.78, 5) is 101. The summed E-state index contributed by atoms with van der Waals surface area (Å²) >= 11 is 1.19. The van der Waals surface area contributed by atoms with Crippen LogP contribution in [0.4, 0.5) is 0 Å². The number of unbranched alkanes of at least 4 members (excludes halogenated alkanes) is 2. The van der Waals surface area contributed by atoms with Gasteiger partial charge in [0.25, 0.3) is 11.8 Å². The van der Waals surface area contributed by atoms with Crippen LogP contribution in [0, 0.1) is 5.92 Å². The van der Waals surface area contributed by atoms with Crippen LogP contribution in [0.25, 0.3) is 0 Å². The zero-order valence-corrected chi connectivity index (χ0v) is 24.0. The molecule has 0 aromatic rings. The molecule has 2 saturated heterocycles. The van der Waals surface area contributed by atoms with Crippen molar-refractivity contribution in [2.24, 2.45) is 11.7 Å². The van der Waals surface area contributed by atoms with Crippen LogP contribution in [-0.2, 0) is 47.9 Å². The Bertz CT molecular complexity index is 1000. The summed E-state index contributed by atoms with van der Waals surface area (Å²) in [6.45, 7) is 2.13. The third-order valence-electron chi connectivity index (χ3n) is 6.49. The lowest BCUT2D eigenvalue weighted by Crippen LogP contribution is -2.33. The van der Waals surface area contributed by atoms with Gasteiger partial charge in [0.15, 0.2) is 0 Å². The average molecular weight is 599 g/mol. The maximum Gasteiger partial charge on any atom is 0.333 e. The molecule has 41 heavy (non-hydrogen) atoms. The highest BCUT2D eigenvalue weighted by atomic mass is 32.2. The highest BCUT2D eigenvalue weighted by Crippen LogP contribution is 2.28. The minimum atomic E-state index is -0.697. The number of ether oxygens (including phenoxy) is 1. The van der Waals surface area contributed by atoms with E-state index in [1.807, 2.05) is 0 Å². The van der Waals surface area contributed by atoms with Gasteiger partial charge in [0.05, 0.1) is 25.0 Å². The highest BCUT2D eigenvalue weighted by molar-refractivity contribution is 8.00. The van der Waals surface area contributed by atoms with Crippen molar-refractivity contribution in [1.82, 2.24) is 15.3 Å². The number of rotatable bonds is 20. The molecule has 2 atom stereocenters. The van der Waals surface area contributed by atoms with Crippen LogP contribution in [0.3, 0.4) is 0 Å². The molecule has 5 amide bonds. The molecule has 2 unspecified atom stereocenters. The van der Waals surface area contributed by atoms with Crippen molar-refractivity contribution >= 4 is 58.8 Å². The number of carbonyl (C=O) groups excluding carboxylic acids is 8. The van der Waals surface area contributed by atoms with Crippen LogP contribution in [-0.4, -0.2) is 101 Å². The van der Waals surface area contributed by atoms with Gasteiger partial charge < -0.3 is 20.6 Å². The summed E-state index contributed by atoms with van der Waals surface area (Å²) in [7, 11) is 0. The predicted molar refractivity (Wildman–Crippen MR) is 145 cm³/mol. The molecule has 2 fully saturated rings. The topological polar surface area (TPSA) is 200 Å². The molecule has 0 radical (unpaired) electrons. The number of nitrogens with one attached hydrogen (secondary N) is 1. The van der Waals surface area contributed by atoms with Gasteiger partial charge in [-0.25, -0.2) is 4.79 Å². The molecule has 0 aromatic heterocycles. The Balaban J connectivity index is 1.64. The van der Waals surface area contributed by atoms with Gasteiger partial charge in [-0.2, -0.15) is 0 Å². The number of nitrogens with zero attached hydrogens (tertiary/aromatic N) is 2. The molecule has 2 rings (SSSR count). The molecule has 0 spiro atoms. The summed E-state index contributed by atoms with van der Waals surface area (Å²) < 4.78 is 5.31. The van der Waals surface area contributed by atoms with Gasteiger partial charge in [-0.15, -0.1) is 16.8 Å². The van der Waals surface area contributed by atoms with Crippen molar-refractivity contribution in [1.29, 1.82) is 0 Å². The van der Waals surface area contributed by atoms with Crippen molar-refractivity contribution in [3.05, 3.63) is 0 Å². The van der Waals surface area contributed by atoms with Gasteiger partial charge in [0.2, 0.25) is 17.7 Å². The van der Waals surface area contributed by atoms with E-state index in [2.05, 4.69) is 5.32 Å². The molecule has 0 bridgehead atoms. The maximum absolute atomic E-state index is 12.8. The molecule has 0 aliphatic carbocycles. The van der Waals surface area contributed by atoms with Crippen molar-refractivity contribution < 1.29 is 47.9 Å². The Morgan fingerprint density at radius 1 is 1.00 bits per heavy atom. The van der Waals surface area contributed by atoms with Gasteiger partial charge >= 0.3 is 5.97 Å². The number of Topliss-reactive ketones (excluding diaryl/α,β-unsaturated/α-hetero) is 2. The fourth-order valence-electron chi connectivity index (χ4n) is 4.09. The number of hydrogen-bond donors (Lipinski definition) is 2. The van der Waals surface area contributed by atoms with Crippen LogP contribution < -0.4 is 11.1 Å². The number of ketones is 2. The SMILES string of the molecule is CC(=O)C(CSC1CC(=O)N(CCCCCC(=O)ON2C(=O)CCC2=O)C1=O)CC(=O)CCOCCNC(=O)CN. The molecule has 228 valence electrons. The summed E-state index contributed by atoms with van der Waals surface area (Å²) in [5.74, 6) is -3.43. The van der Waals surface area contributed by atoms with E-state index in [9.17, 15) is 38.4 Å². The van der Waals surface area contributed by atoms with Crippen LogP contribution >= 0.6 is 11.8 Å². The number of nitrogens with two attached hydrogens (primary N) is 1. The molecule has 3 N–H and O–H groups in total. The molecule has 2 aliphatic rings. The van der Waals surface area contributed by atoms with Crippen molar-refractivity contribution in [3.63, 3.8) is 0 Å². The number of hydroxylamine groups is 2. The standard InChI is InChI=1S/C26H38N4O10S/c1-17(31)18(13-19(32)8-11-39-12-9-28-21(33)15-27)16-41-20-14-24(36)29(26(20)38)10-4-2-3-5-25(37)40-30-22(34)6-7-23(30)35/h18,20H,2-16,27H2,1H3,(H,28,33). The van der Waals surface area contributed by atoms with Crippen LogP contribution in [0.1, 0.15) is 64.7 Å². The summed E-state index contributed by atoms with van der Waals surface area (Å²) in [5, 5.41) is 2.41. The van der Waals surface area contributed by atoms with E-state index in [1.54, 1.807) is 0 Å². The molecule has 2 heterocycles. The third kappa shape index (κ3) is 11.7. The van der Waals surface area contributed by atoms with Gasteiger partial charge in [-0.05, 0) is 19.8 Å². The molecule has 0 aromatic carbocycles. The van der Waals surface area contributed by atoms with Crippen molar-refractivity contribution in [3.8, 4) is 0 Å². The summed E-state index contributed by atoms with van der Waals surface area (Å²) in [6.07, 6.45) is 1.55. The molecular weight excluding hydrogens is 560 g/mol. The van der Waals surface area contributed by atoms with Gasteiger partial charge in [-0.1, -0.05) is 6.42 Å². The molecular formula is C26H38N4O10S. The Hall–Kier alpha value is -3.17. The smallest absolute Gasteiger partial charge is 0.333 e. The second-order valence-electron chi connectivity index (χ2n) is 9.73. The maximum atomic E-state index is 12.8. The zero-order chi connectivity index (χ0) is 30.4. The van der Waals surface area contributed by atoms with Gasteiger partial charge in [0.1, 0.15) is 11.6 Å². The second-order valence-corrected chi connectivity index (χ2v) is 11.0. The monoisotopic (exact) mass is 598 g/mol. The lowest BCUT2D eigenvalue weighted by Gasteiger charge is -2.17. The lowest BCUT2D eigenvalue weighted by molar-refractivity contribution is -0.197. The van der Waals surface area contributed by atoms with E-state index >= 15 is 0 Å². The first kappa shape index (κ1) is 34.0. The fraction of sp³-hybridized carbons (Fsp3) is 0.692. The van der Waals surface area contributed by atoms with E-state index in [0.29, 0.717) is 24.3 Å². The summed E-state index contributed by atoms with van der Waals surface area (Å²) in [5.41, 5.74) is 5.18. The van der Waals surface area contributed by atoms with Crippen molar-refractivity contribution in [2.75, 3.05) is 38.6 Å². The molecule has 15 heteroatoms. The third-order valence-corrected chi connectivity index (χ3v) is 7.86. The first-order valence-electron chi connectivity index (χ1n) is 13.6. The fourth-order valence-corrected chi connectivity index (χ4v) is 5.44. The normalized spacial score (nSPS) is 17.8. The number of amides is 5. The van der Waals surface area contributed by atoms with Crippen LogP contribution in [0.15, 0.2) is 0 Å². The first-order valence-corrected chi connectivity index (χ1v) is 14.7. The van der Waals surface area contributed by atoms with Crippen molar-refractivity contribution in [2.45, 2.75) is 70.0 Å². The minimum absolute atomic E-state index is 0.0106. The molecule has 0 saturated carbocycles. The number of likely N-dealkylation sites (tertiary alicyclic amines) is 1. The van der Waals surface area contributed by atoms with E-state index in [-0.39, 0.29) is 106 Å². The van der Waals surface area contributed by atoms with E-state index in [0.717, 1.165) is 0 Å². The number of thioether (sulfide) groups is 1. The second kappa shape index (κ2) is 17.6. The summed E-state index contributed by atoms with van der Waals surface area (Å²) in [6, 6.07) is 0. The lowest BCUT2D eigenvalue weighted by atomic mass is 9.99. The van der Waals surface area contributed by atoms with E-state index in [1.165, 1.54) is 23.6 Å². The predicted octanol–water partition coefficient (Wildman–Crippen LogP) is -0.339. The first-order chi connectivity index (χ1) is 19.5. The zero-order valence-electron chi connectivity index (χ0n) is 23.2. The van der Waals surface area contributed by atoms with E-state index < -0.39 is 29.0 Å². The van der Waals surface area contributed by atoms with E-state index in [4.69, 9.17) is 15.3 Å². The van der Waals surface area contributed by atoms with Crippen LogP contribution in [0.2, 0.25) is 0 Å². The quantitative estimate of drug-likeness (QED) is 0.137. The Morgan fingerprint density at radius 2 is 1.71 bits per heavy atom. The van der Waals surface area contributed by atoms with Gasteiger partial charge in [-0.3, -0.25) is 38.5 Å². The Labute approximate surface area is 242 Å². The Morgan fingerprint density at radius 3 is 2.37 bits per heavy atom. The van der Waals surface area contributed by atoms with Crippen LogP contribution in [0.5, 0.6) is 0 Å². The minimum Gasteiger partial charge on any atom is -0.379 e. The highest BCUT2D eigenvalue weighted by Gasteiger charge is 2.39. The number of imide groups is 2. The number of carbonyl (C=O) groups is 8.